The number of amides is 1. The van der Waals surface area contributed by atoms with Crippen LogP contribution in [0.4, 0.5) is 0 Å². The maximum absolute atomic E-state index is 12.7. The Morgan fingerprint density at radius 1 is 1.15 bits per heavy atom. The lowest BCUT2D eigenvalue weighted by Gasteiger charge is -2.41. The molecule has 2 aliphatic rings. The number of methoxy groups -OCH3 is 1. The van der Waals surface area contributed by atoms with Gasteiger partial charge < -0.3 is 9.64 Å². The zero-order valence-electron chi connectivity index (χ0n) is 13.1. The van der Waals surface area contributed by atoms with Crippen molar-refractivity contribution in [2.75, 3.05) is 39.9 Å². The summed E-state index contributed by atoms with van der Waals surface area (Å²) in [4.78, 5) is 17.2. The largest absolute Gasteiger partial charge is 0.383 e. The van der Waals surface area contributed by atoms with E-state index in [4.69, 9.17) is 4.74 Å². The van der Waals surface area contributed by atoms with E-state index in [0.29, 0.717) is 17.9 Å². The topological polar surface area (TPSA) is 32.8 Å². The van der Waals surface area contributed by atoms with E-state index < -0.39 is 0 Å². The molecule has 0 aromatic heterocycles. The molecule has 1 saturated carbocycles. The van der Waals surface area contributed by atoms with Crippen LogP contribution in [0.1, 0.15) is 45.4 Å². The Hall–Kier alpha value is -0.610. The van der Waals surface area contributed by atoms with Gasteiger partial charge in [0.2, 0.25) is 5.91 Å². The number of hydrogen-bond donors (Lipinski definition) is 0. The smallest absolute Gasteiger partial charge is 0.225 e. The first-order chi connectivity index (χ1) is 9.72. The number of piperazine rings is 1. The second-order valence-corrected chi connectivity index (χ2v) is 6.35. The van der Waals surface area contributed by atoms with Gasteiger partial charge in [-0.05, 0) is 19.8 Å². The van der Waals surface area contributed by atoms with Crippen LogP contribution in [-0.2, 0) is 9.53 Å². The number of rotatable bonds is 4. The van der Waals surface area contributed by atoms with E-state index in [1.807, 2.05) is 0 Å². The fourth-order valence-electron chi connectivity index (χ4n) is 3.52. The molecule has 20 heavy (non-hydrogen) atoms. The Morgan fingerprint density at radius 2 is 1.85 bits per heavy atom. The lowest BCUT2D eigenvalue weighted by Crippen LogP contribution is -2.55. The average molecular weight is 282 g/mol. The Balaban J connectivity index is 1.83. The Kier molecular flexibility index (Phi) is 6.30. The van der Waals surface area contributed by atoms with Crippen molar-refractivity contribution in [3.05, 3.63) is 0 Å². The molecule has 0 spiro atoms. The molecule has 0 bridgehead atoms. The Morgan fingerprint density at radius 3 is 2.45 bits per heavy atom. The number of carbonyl (C=O) groups excluding carboxylic acids is 1. The van der Waals surface area contributed by atoms with Crippen molar-refractivity contribution in [1.29, 1.82) is 0 Å². The lowest BCUT2D eigenvalue weighted by atomic mass is 9.98. The molecule has 2 fully saturated rings. The molecule has 1 atom stereocenters. The molecule has 1 amide bonds. The Labute approximate surface area is 123 Å². The van der Waals surface area contributed by atoms with Crippen molar-refractivity contribution < 1.29 is 9.53 Å². The molecule has 0 N–H and O–H groups in total. The second kappa shape index (κ2) is 7.99. The molecule has 2 rings (SSSR count). The predicted molar refractivity (Wildman–Crippen MR) is 80.7 cm³/mol. The van der Waals surface area contributed by atoms with Gasteiger partial charge in [-0.25, -0.2) is 0 Å². The van der Waals surface area contributed by atoms with Crippen LogP contribution < -0.4 is 0 Å². The van der Waals surface area contributed by atoms with Crippen molar-refractivity contribution in [3.8, 4) is 0 Å². The van der Waals surface area contributed by atoms with E-state index >= 15 is 0 Å². The van der Waals surface area contributed by atoms with E-state index in [1.54, 1.807) is 7.11 Å². The molecular formula is C16H30N2O2. The summed E-state index contributed by atoms with van der Waals surface area (Å²) in [7, 11) is 1.75. The highest BCUT2D eigenvalue weighted by molar-refractivity contribution is 5.79. The van der Waals surface area contributed by atoms with Gasteiger partial charge in [0, 0.05) is 45.2 Å². The molecule has 116 valence electrons. The quantitative estimate of drug-likeness (QED) is 0.741. The van der Waals surface area contributed by atoms with Crippen LogP contribution >= 0.6 is 0 Å². The summed E-state index contributed by atoms with van der Waals surface area (Å²) in [5.41, 5.74) is 0. The van der Waals surface area contributed by atoms with Gasteiger partial charge in [-0.1, -0.05) is 25.7 Å². The van der Waals surface area contributed by atoms with E-state index in [2.05, 4.69) is 16.7 Å². The monoisotopic (exact) mass is 282 g/mol. The van der Waals surface area contributed by atoms with E-state index in [-0.39, 0.29) is 0 Å². The van der Waals surface area contributed by atoms with Crippen LogP contribution in [0.5, 0.6) is 0 Å². The van der Waals surface area contributed by atoms with Gasteiger partial charge in [0.1, 0.15) is 0 Å². The first-order valence-corrected chi connectivity index (χ1v) is 8.24. The number of hydrogen-bond acceptors (Lipinski definition) is 3. The minimum atomic E-state index is 0.301. The van der Waals surface area contributed by atoms with Crippen molar-refractivity contribution >= 4 is 5.91 Å². The molecule has 1 aliphatic heterocycles. The summed E-state index contributed by atoms with van der Waals surface area (Å²) in [5.74, 6) is 0.723. The fraction of sp³-hybridized carbons (Fsp3) is 0.938. The first kappa shape index (κ1) is 15.8. The maximum Gasteiger partial charge on any atom is 0.225 e. The van der Waals surface area contributed by atoms with Crippen LogP contribution in [-0.4, -0.2) is 61.6 Å². The molecule has 0 aromatic rings. The van der Waals surface area contributed by atoms with Crippen molar-refractivity contribution in [2.45, 2.75) is 51.5 Å². The summed E-state index contributed by atoms with van der Waals surface area (Å²) >= 11 is 0. The van der Waals surface area contributed by atoms with Crippen molar-refractivity contribution in [2.24, 2.45) is 5.92 Å². The minimum absolute atomic E-state index is 0.301. The van der Waals surface area contributed by atoms with Gasteiger partial charge >= 0.3 is 0 Å². The SMILES string of the molecule is COCCN1CCN(C(=O)C2CCCCCC2)C[C@H]1C. The third-order valence-corrected chi connectivity index (χ3v) is 4.86. The lowest BCUT2D eigenvalue weighted by molar-refractivity contribution is -0.139. The molecular weight excluding hydrogens is 252 g/mol. The number of nitrogens with zero attached hydrogens (tertiary/aromatic N) is 2. The molecule has 4 nitrogen and oxygen atoms in total. The van der Waals surface area contributed by atoms with Crippen molar-refractivity contribution in [1.82, 2.24) is 9.80 Å². The van der Waals surface area contributed by atoms with Gasteiger partial charge in [0.05, 0.1) is 6.61 Å². The molecule has 1 heterocycles. The highest BCUT2D eigenvalue weighted by Crippen LogP contribution is 2.25. The minimum Gasteiger partial charge on any atom is -0.383 e. The third-order valence-electron chi connectivity index (χ3n) is 4.86. The normalized spacial score (nSPS) is 26.5. The van der Waals surface area contributed by atoms with Gasteiger partial charge in [0.25, 0.3) is 0 Å². The maximum atomic E-state index is 12.7. The van der Waals surface area contributed by atoms with E-state index in [1.165, 1.54) is 25.7 Å². The Bertz CT molecular complexity index is 301. The van der Waals surface area contributed by atoms with Gasteiger partial charge in [-0.15, -0.1) is 0 Å². The zero-order chi connectivity index (χ0) is 14.4. The molecule has 1 aliphatic carbocycles. The summed E-state index contributed by atoms with van der Waals surface area (Å²) < 4.78 is 5.15. The van der Waals surface area contributed by atoms with E-state index in [9.17, 15) is 4.79 Å². The highest BCUT2D eigenvalue weighted by atomic mass is 16.5. The fourth-order valence-corrected chi connectivity index (χ4v) is 3.52. The number of carbonyl (C=O) groups is 1. The summed E-state index contributed by atoms with van der Waals surface area (Å²) in [6.45, 7) is 6.75. The van der Waals surface area contributed by atoms with Crippen LogP contribution in [0, 0.1) is 5.92 Å². The molecule has 1 saturated heterocycles. The average Bonchev–Trinajstić information content (AvgIpc) is 2.74. The van der Waals surface area contributed by atoms with Crippen LogP contribution in [0.2, 0.25) is 0 Å². The van der Waals surface area contributed by atoms with Crippen LogP contribution in [0.3, 0.4) is 0 Å². The van der Waals surface area contributed by atoms with Gasteiger partial charge in [-0.3, -0.25) is 9.69 Å². The predicted octanol–water partition coefficient (Wildman–Crippen LogP) is 2.14. The van der Waals surface area contributed by atoms with Gasteiger partial charge in [-0.2, -0.15) is 0 Å². The number of ether oxygens (including phenoxy) is 1. The second-order valence-electron chi connectivity index (χ2n) is 6.35. The molecule has 0 radical (unpaired) electrons. The third kappa shape index (κ3) is 4.19. The standard InChI is InChI=1S/C16H30N2O2/c1-14-13-18(10-9-17(14)11-12-20-2)16(19)15-7-5-3-4-6-8-15/h14-15H,3-13H2,1-2H3/t14-/m1/s1. The van der Waals surface area contributed by atoms with E-state index in [0.717, 1.165) is 45.6 Å². The molecule has 4 heteroatoms. The highest BCUT2D eigenvalue weighted by Gasteiger charge is 2.30. The zero-order valence-corrected chi connectivity index (χ0v) is 13.1. The summed E-state index contributed by atoms with van der Waals surface area (Å²) in [5, 5.41) is 0. The summed E-state index contributed by atoms with van der Waals surface area (Å²) in [6, 6.07) is 0.452. The summed E-state index contributed by atoms with van der Waals surface area (Å²) in [6.07, 6.45) is 7.31. The van der Waals surface area contributed by atoms with Crippen molar-refractivity contribution in [3.63, 3.8) is 0 Å². The molecule has 0 unspecified atom stereocenters. The van der Waals surface area contributed by atoms with Gasteiger partial charge in [0.15, 0.2) is 0 Å². The first-order valence-electron chi connectivity index (χ1n) is 8.24. The van der Waals surface area contributed by atoms with Crippen LogP contribution in [0.15, 0.2) is 0 Å². The molecule has 0 aromatic carbocycles. The van der Waals surface area contributed by atoms with Crippen LogP contribution in [0.25, 0.3) is 0 Å².